The van der Waals surface area contributed by atoms with Gasteiger partial charge in [0, 0.05) is 24.9 Å². The highest BCUT2D eigenvalue weighted by Gasteiger charge is 2.20. The highest BCUT2D eigenvalue weighted by atomic mass is 19.1. The van der Waals surface area contributed by atoms with Crippen molar-refractivity contribution in [2.45, 2.75) is 25.5 Å². The van der Waals surface area contributed by atoms with Gasteiger partial charge in [-0.3, -0.25) is 4.79 Å². The zero-order chi connectivity index (χ0) is 22.1. The van der Waals surface area contributed by atoms with Gasteiger partial charge in [0.2, 0.25) is 11.7 Å². The Morgan fingerprint density at radius 2 is 2.19 bits per heavy atom. The van der Waals surface area contributed by atoms with Crippen LogP contribution >= 0.6 is 0 Å². The number of hydrogen-bond donors (Lipinski definition) is 1. The summed E-state index contributed by atoms with van der Waals surface area (Å²) < 4.78 is 26.7. The Morgan fingerprint density at radius 3 is 3.00 bits per heavy atom. The third-order valence-corrected chi connectivity index (χ3v) is 5.19. The van der Waals surface area contributed by atoms with E-state index in [-0.39, 0.29) is 35.9 Å². The number of halogens is 1. The molecule has 1 aromatic carbocycles. The largest absolute Gasteiger partial charge is 0.376 e. The monoisotopic (exact) mass is 438 g/mol. The topological polar surface area (TPSA) is 117 Å². The fraction of sp³-hybridized carbons (Fsp3) is 0.286. The van der Waals surface area contributed by atoms with Gasteiger partial charge >= 0.3 is 5.69 Å². The van der Waals surface area contributed by atoms with Gasteiger partial charge in [0.15, 0.2) is 5.65 Å². The lowest BCUT2D eigenvalue weighted by atomic mass is 10.2. The van der Waals surface area contributed by atoms with E-state index in [1.807, 2.05) is 0 Å². The summed E-state index contributed by atoms with van der Waals surface area (Å²) in [6, 6.07) is 9.13. The Hall–Kier alpha value is -3.86. The minimum absolute atomic E-state index is 0.00755. The van der Waals surface area contributed by atoms with Crippen molar-refractivity contribution in [2.75, 3.05) is 13.2 Å². The molecule has 11 heteroatoms. The fourth-order valence-corrected chi connectivity index (χ4v) is 3.61. The molecule has 3 aromatic heterocycles. The molecule has 1 N–H and O–H groups in total. The molecule has 0 spiro atoms. The second kappa shape index (κ2) is 8.35. The zero-order valence-electron chi connectivity index (χ0n) is 16.9. The molecule has 1 aliphatic heterocycles. The Balaban J connectivity index is 1.40. The van der Waals surface area contributed by atoms with Crippen LogP contribution in [0.1, 0.15) is 12.8 Å². The van der Waals surface area contributed by atoms with E-state index in [1.165, 1.54) is 16.5 Å². The molecule has 0 aliphatic carbocycles. The van der Waals surface area contributed by atoms with Crippen LogP contribution in [-0.4, -0.2) is 49.5 Å². The van der Waals surface area contributed by atoms with Crippen LogP contribution in [0.3, 0.4) is 0 Å². The van der Waals surface area contributed by atoms with Crippen molar-refractivity contribution in [2.24, 2.45) is 0 Å². The van der Waals surface area contributed by atoms with Gasteiger partial charge in [0.05, 0.1) is 11.7 Å². The maximum Gasteiger partial charge on any atom is 0.350 e. The lowest BCUT2D eigenvalue weighted by molar-refractivity contribution is -0.122. The summed E-state index contributed by atoms with van der Waals surface area (Å²) in [5.74, 6) is -0.426. The molecule has 164 valence electrons. The van der Waals surface area contributed by atoms with E-state index in [4.69, 9.17) is 9.26 Å². The molecule has 1 amide bonds. The number of ether oxygens (including phenoxy) is 1. The first-order valence-corrected chi connectivity index (χ1v) is 10.1. The van der Waals surface area contributed by atoms with Crippen LogP contribution in [0.25, 0.3) is 28.5 Å². The molecule has 1 saturated heterocycles. The van der Waals surface area contributed by atoms with Gasteiger partial charge in [0.1, 0.15) is 12.4 Å². The molecule has 32 heavy (non-hydrogen) atoms. The van der Waals surface area contributed by atoms with E-state index in [2.05, 4.69) is 20.6 Å². The molecule has 0 saturated carbocycles. The van der Waals surface area contributed by atoms with Crippen molar-refractivity contribution in [3.8, 4) is 22.8 Å². The van der Waals surface area contributed by atoms with Crippen LogP contribution in [0.5, 0.6) is 0 Å². The molecule has 0 radical (unpaired) electrons. The normalized spacial score (nSPS) is 16.0. The SMILES string of the molecule is O=C(Cn1nc2c(-c3nc(-c4cccc(F)c4)no3)cccn2c1=O)NCC1CCCO1. The predicted octanol–water partition coefficient (Wildman–Crippen LogP) is 1.65. The molecule has 0 bridgehead atoms. The van der Waals surface area contributed by atoms with Crippen molar-refractivity contribution in [3.05, 3.63) is 58.9 Å². The second-order valence-electron chi connectivity index (χ2n) is 7.43. The number of rotatable bonds is 6. The highest BCUT2D eigenvalue weighted by molar-refractivity contribution is 5.76. The van der Waals surface area contributed by atoms with Crippen LogP contribution < -0.4 is 11.0 Å². The number of carbonyl (C=O) groups excluding carboxylic acids is 1. The van der Waals surface area contributed by atoms with E-state index in [1.54, 1.807) is 30.5 Å². The van der Waals surface area contributed by atoms with E-state index in [0.29, 0.717) is 24.3 Å². The number of benzene rings is 1. The maximum atomic E-state index is 13.5. The minimum Gasteiger partial charge on any atom is -0.376 e. The summed E-state index contributed by atoms with van der Waals surface area (Å²) in [7, 11) is 0. The quantitative estimate of drug-likeness (QED) is 0.486. The number of nitrogens with zero attached hydrogens (tertiary/aromatic N) is 5. The Kier molecular flexibility index (Phi) is 5.23. The summed E-state index contributed by atoms with van der Waals surface area (Å²) in [6.45, 7) is 0.869. The molecule has 5 rings (SSSR count). The second-order valence-corrected chi connectivity index (χ2v) is 7.43. The standard InChI is InChI=1S/C21H19FN6O4/c22-14-5-1-4-13(10-14)18-24-20(32-26-18)16-7-2-8-27-19(16)25-28(21(27)30)12-17(29)23-11-15-6-3-9-31-15/h1-2,4-5,7-8,10,15H,3,6,9,11-12H2,(H,23,29). The predicted molar refractivity (Wildman–Crippen MR) is 110 cm³/mol. The Bertz CT molecular complexity index is 1340. The van der Waals surface area contributed by atoms with Crippen molar-refractivity contribution < 1.29 is 18.4 Å². The number of carbonyl (C=O) groups is 1. The Labute approximate surface area is 180 Å². The number of nitrogens with one attached hydrogen (secondary N) is 1. The fourth-order valence-electron chi connectivity index (χ4n) is 3.61. The van der Waals surface area contributed by atoms with Crippen LogP contribution in [0.4, 0.5) is 4.39 Å². The van der Waals surface area contributed by atoms with Gasteiger partial charge in [0.25, 0.3) is 5.89 Å². The van der Waals surface area contributed by atoms with Crippen LogP contribution in [0.15, 0.2) is 51.9 Å². The van der Waals surface area contributed by atoms with Gasteiger partial charge in [-0.25, -0.2) is 18.3 Å². The van der Waals surface area contributed by atoms with Gasteiger partial charge < -0.3 is 14.6 Å². The van der Waals surface area contributed by atoms with Gasteiger partial charge in [-0.15, -0.1) is 5.10 Å². The van der Waals surface area contributed by atoms with Gasteiger partial charge in [-0.2, -0.15) is 4.98 Å². The highest BCUT2D eigenvalue weighted by Crippen LogP contribution is 2.24. The molecule has 1 aliphatic rings. The van der Waals surface area contributed by atoms with Crippen LogP contribution in [0, 0.1) is 5.82 Å². The number of hydrogen-bond acceptors (Lipinski definition) is 7. The number of amides is 1. The van der Waals surface area contributed by atoms with Crippen molar-refractivity contribution in [3.63, 3.8) is 0 Å². The zero-order valence-corrected chi connectivity index (χ0v) is 16.9. The van der Waals surface area contributed by atoms with E-state index in [9.17, 15) is 14.0 Å². The molecular weight excluding hydrogens is 419 g/mol. The lowest BCUT2D eigenvalue weighted by Gasteiger charge is -2.10. The summed E-state index contributed by atoms with van der Waals surface area (Å²) in [5, 5.41) is 11.0. The summed E-state index contributed by atoms with van der Waals surface area (Å²) >= 11 is 0. The maximum absolute atomic E-state index is 13.5. The summed E-state index contributed by atoms with van der Waals surface area (Å²) in [4.78, 5) is 29.3. The van der Waals surface area contributed by atoms with Crippen molar-refractivity contribution >= 4 is 11.6 Å². The summed E-state index contributed by atoms with van der Waals surface area (Å²) in [5.41, 5.74) is 0.661. The molecule has 1 atom stereocenters. The molecule has 1 fully saturated rings. The van der Waals surface area contributed by atoms with Crippen molar-refractivity contribution in [1.82, 2.24) is 29.6 Å². The van der Waals surface area contributed by atoms with E-state index in [0.717, 1.165) is 17.5 Å². The number of aromatic nitrogens is 5. The smallest absolute Gasteiger partial charge is 0.350 e. The van der Waals surface area contributed by atoms with Crippen molar-refractivity contribution in [1.29, 1.82) is 0 Å². The third kappa shape index (κ3) is 3.89. The minimum atomic E-state index is -0.473. The first-order chi connectivity index (χ1) is 15.6. The van der Waals surface area contributed by atoms with Gasteiger partial charge in [-0.05, 0) is 37.1 Å². The van der Waals surface area contributed by atoms with E-state index < -0.39 is 11.5 Å². The summed E-state index contributed by atoms with van der Waals surface area (Å²) in [6.07, 6.45) is 3.43. The van der Waals surface area contributed by atoms with Crippen LogP contribution in [0.2, 0.25) is 0 Å². The molecular formula is C21H19FN6O4. The first kappa shape index (κ1) is 20.1. The molecule has 1 unspecified atom stereocenters. The van der Waals surface area contributed by atoms with E-state index >= 15 is 0 Å². The van der Waals surface area contributed by atoms with Crippen LogP contribution in [-0.2, 0) is 16.1 Å². The number of fused-ring (bicyclic) bond motifs is 1. The average molecular weight is 438 g/mol. The Morgan fingerprint density at radius 1 is 1.28 bits per heavy atom. The molecule has 10 nitrogen and oxygen atoms in total. The average Bonchev–Trinajstić information content (AvgIpc) is 3.54. The molecule has 4 aromatic rings. The van der Waals surface area contributed by atoms with Gasteiger partial charge in [-0.1, -0.05) is 17.3 Å². The molecule has 4 heterocycles. The number of pyridine rings is 1. The third-order valence-electron chi connectivity index (χ3n) is 5.19. The first-order valence-electron chi connectivity index (χ1n) is 10.1. The lowest BCUT2D eigenvalue weighted by Crippen LogP contribution is -2.36.